The zero-order chi connectivity index (χ0) is 13.0. The zero-order valence-corrected chi connectivity index (χ0v) is 10.9. The topological polar surface area (TPSA) is 49.4 Å². The number of hydrogen-bond donors (Lipinski definition) is 1. The molecule has 17 heavy (non-hydrogen) atoms. The molecule has 4 nitrogen and oxygen atoms in total. The Morgan fingerprint density at radius 1 is 1.47 bits per heavy atom. The first-order chi connectivity index (χ1) is 8.01. The van der Waals surface area contributed by atoms with E-state index in [2.05, 4.69) is 25.7 Å². The van der Waals surface area contributed by atoms with Gasteiger partial charge in [0.1, 0.15) is 12.1 Å². The lowest BCUT2D eigenvalue weighted by atomic mass is 9.97. The molecule has 1 fully saturated rings. The van der Waals surface area contributed by atoms with Crippen molar-refractivity contribution in [2.45, 2.75) is 45.7 Å². The molecule has 0 aromatic rings. The SMILES string of the molecule is C=CCN1C(=O)C(CC)NC(=O)C1CC(C)C. The van der Waals surface area contributed by atoms with Crippen LogP contribution in [0.5, 0.6) is 0 Å². The number of hydrogen-bond acceptors (Lipinski definition) is 2. The van der Waals surface area contributed by atoms with Gasteiger partial charge in [0, 0.05) is 6.54 Å². The van der Waals surface area contributed by atoms with Crippen molar-refractivity contribution in [3.05, 3.63) is 12.7 Å². The molecule has 0 saturated carbocycles. The van der Waals surface area contributed by atoms with Crippen molar-refractivity contribution in [2.24, 2.45) is 5.92 Å². The third-order valence-corrected chi connectivity index (χ3v) is 3.01. The molecule has 0 aromatic heterocycles. The van der Waals surface area contributed by atoms with Crippen molar-refractivity contribution < 1.29 is 9.59 Å². The summed E-state index contributed by atoms with van der Waals surface area (Å²) in [5, 5.41) is 2.80. The normalized spacial score (nSPS) is 25.1. The summed E-state index contributed by atoms with van der Waals surface area (Å²) in [6.07, 6.45) is 3.00. The summed E-state index contributed by atoms with van der Waals surface area (Å²) >= 11 is 0. The average Bonchev–Trinajstić information content (AvgIpc) is 2.27. The second-order valence-corrected chi connectivity index (χ2v) is 4.89. The van der Waals surface area contributed by atoms with Gasteiger partial charge < -0.3 is 10.2 Å². The van der Waals surface area contributed by atoms with E-state index < -0.39 is 0 Å². The summed E-state index contributed by atoms with van der Waals surface area (Å²) in [5.74, 6) is 0.355. The summed E-state index contributed by atoms with van der Waals surface area (Å²) in [5.41, 5.74) is 0. The van der Waals surface area contributed by atoms with Gasteiger partial charge in [0.05, 0.1) is 0 Å². The molecule has 1 rings (SSSR count). The lowest BCUT2D eigenvalue weighted by Crippen LogP contribution is -2.63. The number of nitrogens with zero attached hydrogens (tertiary/aromatic N) is 1. The van der Waals surface area contributed by atoms with E-state index in [1.54, 1.807) is 11.0 Å². The smallest absolute Gasteiger partial charge is 0.246 e. The lowest BCUT2D eigenvalue weighted by molar-refractivity contribution is -0.149. The van der Waals surface area contributed by atoms with Gasteiger partial charge in [-0.25, -0.2) is 0 Å². The summed E-state index contributed by atoms with van der Waals surface area (Å²) < 4.78 is 0. The Hall–Kier alpha value is -1.32. The maximum atomic E-state index is 12.1. The Morgan fingerprint density at radius 3 is 2.59 bits per heavy atom. The fraction of sp³-hybridized carbons (Fsp3) is 0.692. The van der Waals surface area contributed by atoms with E-state index in [1.807, 2.05) is 6.92 Å². The molecule has 2 amide bonds. The minimum atomic E-state index is -0.370. The number of carbonyl (C=O) groups is 2. The highest BCUT2D eigenvalue weighted by atomic mass is 16.2. The largest absolute Gasteiger partial charge is 0.343 e. The Kier molecular flexibility index (Phi) is 4.73. The average molecular weight is 238 g/mol. The highest BCUT2D eigenvalue weighted by Crippen LogP contribution is 2.18. The maximum Gasteiger partial charge on any atom is 0.246 e. The Balaban J connectivity index is 2.89. The number of rotatable bonds is 5. The molecule has 0 bridgehead atoms. The van der Waals surface area contributed by atoms with E-state index in [4.69, 9.17) is 0 Å². The van der Waals surface area contributed by atoms with E-state index in [9.17, 15) is 9.59 Å². The predicted octanol–water partition coefficient (Wildman–Crippen LogP) is 1.32. The first-order valence-corrected chi connectivity index (χ1v) is 6.23. The third-order valence-electron chi connectivity index (χ3n) is 3.01. The van der Waals surface area contributed by atoms with Crippen molar-refractivity contribution in [3.63, 3.8) is 0 Å². The molecule has 1 aliphatic rings. The van der Waals surface area contributed by atoms with Gasteiger partial charge in [-0.05, 0) is 18.8 Å². The molecule has 1 saturated heterocycles. The van der Waals surface area contributed by atoms with Crippen molar-refractivity contribution >= 4 is 11.8 Å². The molecule has 4 heteroatoms. The molecule has 1 aliphatic heterocycles. The van der Waals surface area contributed by atoms with E-state index in [0.29, 0.717) is 25.3 Å². The van der Waals surface area contributed by atoms with Crippen LogP contribution < -0.4 is 5.32 Å². The van der Waals surface area contributed by atoms with Crippen LogP contribution in [0.3, 0.4) is 0 Å². The van der Waals surface area contributed by atoms with E-state index in [0.717, 1.165) is 0 Å². The summed E-state index contributed by atoms with van der Waals surface area (Å²) in [7, 11) is 0. The van der Waals surface area contributed by atoms with Crippen LogP contribution in [0.2, 0.25) is 0 Å². The molecule has 96 valence electrons. The van der Waals surface area contributed by atoms with Gasteiger partial charge in [-0.1, -0.05) is 26.8 Å². The van der Waals surface area contributed by atoms with Gasteiger partial charge >= 0.3 is 0 Å². The second kappa shape index (κ2) is 5.84. The first-order valence-electron chi connectivity index (χ1n) is 6.23. The van der Waals surface area contributed by atoms with Gasteiger partial charge in [-0.3, -0.25) is 9.59 Å². The number of nitrogens with one attached hydrogen (secondary N) is 1. The summed E-state index contributed by atoms with van der Waals surface area (Å²) in [6.45, 7) is 10.1. The van der Waals surface area contributed by atoms with Crippen LogP contribution in [0.15, 0.2) is 12.7 Å². The monoisotopic (exact) mass is 238 g/mol. The molecule has 0 aliphatic carbocycles. The molecule has 1 heterocycles. The minimum Gasteiger partial charge on any atom is -0.343 e. The number of amides is 2. The molecule has 1 N–H and O–H groups in total. The number of piperazine rings is 1. The van der Waals surface area contributed by atoms with E-state index in [-0.39, 0.29) is 23.9 Å². The molecule has 2 atom stereocenters. The van der Waals surface area contributed by atoms with Gasteiger partial charge in [0.15, 0.2) is 0 Å². The van der Waals surface area contributed by atoms with Crippen molar-refractivity contribution in [1.29, 1.82) is 0 Å². The molecular formula is C13H22N2O2. The van der Waals surface area contributed by atoms with Crippen LogP contribution in [-0.2, 0) is 9.59 Å². The zero-order valence-electron chi connectivity index (χ0n) is 10.9. The van der Waals surface area contributed by atoms with E-state index in [1.165, 1.54) is 0 Å². The Morgan fingerprint density at radius 2 is 2.12 bits per heavy atom. The van der Waals surface area contributed by atoms with Crippen LogP contribution in [0, 0.1) is 5.92 Å². The molecule has 0 aromatic carbocycles. The van der Waals surface area contributed by atoms with Crippen LogP contribution >= 0.6 is 0 Å². The highest BCUT2D eigenvalue weighted by Gasteiger charge is 2.38. The highest BCUT2D eigenvalue weighted by molar-refractivity contribution is 5.97. The van der Waals surface area contributed by atoms with Crippen molar-refractivity contribution in [1.82, 2.24) is 10.2 Å². The van der Waals surface area contributed by atoms with Crippen LogP contribution in [0.4, 0.5) is 0 Å². The quantitative estimate of drug-likeness (QED) is 0.734. The molecular weight excluding hydrogens is 216 g/mol. The standard InChI is InChI=1S/C13H22N2O2/c1-5-7-15-11(8-9(3)4)12(16)14-10(6-2)13(15)17/h5,9-11H,1,6-8H2,2-4H3,(H,14,16). The van der Waals surface area contributed by atoms with Gasteiger partial charge in [-0.2, -0.15) is 0 Å². The fourth-order valence-corrected chi connectivity index (χ4v) is 2.14. The summed E-state index contributed by atoms with van der Waals surface area (Å²) in [4.78, 5) is 25.8. The second-order valence-electron chi connectivity index (χ2n) is 4.89. The van der Waals surface area contributed by atoms with Crippen molar-refractivity contribution in [3.8, 4) is 0 Å². The first kappa shape index (κ1) is 13.7. The third kappa shape index (κ3) is 3.08. The molecule has 2 unspecified atom stereocenters. The number of carbonyl (C=O) groups excluding carboxylic acids is 2. The molecule has 0 spiro atoms. The van der Waals surface area contributed by atoms with Crippen LogP contribution in [0.1, 0.15) is 33.6 Å². The lowest BCUT2D eigenvalue weighted by Gasteiger charge is -2.39. The summed E-state index contributed by atoms with van der Waals surface area (Å²) in [6, 6.07) is -0.714. The fourth-order valence-electron chi connectivity index (χ4n) is 2.14. The van der Waals surface area contributed by atoms with Crippen LogP contribution in [-0.4, -0.2) is 35.3 Å². The van der Waals surface area contributed by atoms with Crippen molar-refractivity contribution in [2.75, 3.05) is 6.54 Å². The maximum absolute atomic E-state index is 12.1. The van der Waals surface area contributed by atoms with Gasteiger partial charge in [0.25, 0.3) is 0 Å². The van der Waals surface area contributed by atoms with E-state index >= 15 is 0 Å². The van der Waals surface area contributed by atoms with Crippen LogP contribution in [0.25, 0.3) is 0 Å². The Bertz CT molecular complexity index is 313. The van der Waals surface area contributed by atoms with Gasteiger partial charge in [0.2, 0.25) is 11.8 Å². The predicted molar refractivity (Wildman–Crippen MR) is 67.4 cm³/mol. The Labute approximate surface area is 103 Å². The minimum absolute atomic E-state index is 0.0117. The van der Waals surface area contributed by atoms with Gasteiger partial charge in [-0.15, -0.1) is 6.58 Å². The molecule has 0 radical (unpaired) electrons.